The largest absolute Gasteiger partial charge is 0.490 e. The van der Waals surface area contributed by atoms with E-state index in [1.54, 1.807) is 11.8 Å². The monoisotopic (exact) mass is 296 g/mol. The van der Waals surface area contributed by atoms with E-state index in [2.05, 4.69) is 12.1 Å². The molecule has 0 saturated carbocycles. The number of rotatable bonds is 6. The number of benzene rings is 1. The quantitative estimate of drug-likeness (QED) is 0.277. The average Bonchev–Trinajstić information content (AvgIpc) is 2.98. The number of thioether (sulfide) groups is 1. The van der Waals surface area contributed by atoms with Crippen molar-refractivity contribution in [3.05, 3.63) is 23.8 Å². The van der Waals surface area contributed by atoms with Gasteiger partial charge in [0.25, 0.3) is 0 Å². The molecule has 1 saturated heterocycles. The van der Waals surface area contributed by atoms with E-state index in [1.165, 1.54) is 0 Å². The van der Waals surface area contributed by atoms with E-state index in [1.807, 2.05) is 18.2 Å². The first-order valence-electron chi connectivity index (χ1n) is 6.74. The molecular formula is C14H20N2O3S. The zero-order chi connectivity index (χ0) is 14.4. The highest BCUT2D eigenvalue weighted by Gasteiger charge is 2.19. The summed E-state index contributed by atoms with van der Waals surface area (Å²) >= 11 is 1.63. The zero-order valence-electron chi connectivity index (χ0n) is 11.5. The lowest BCUT2D eigenvalue weighted by Gasteiger charge is -2.16. The van der Waals surface area contributed by atoms with Gasteiger partial charge in [0.05, 0.1) is 11.7 Å². The van der Waals surface area contributed by atoms with Gasteiger partial charge < -0.3 is 20.4 Å². The van der Waals surface area contributed by atoms with Crippen LogP contribution in [0.4, 0.5) is 0 Å². The fraction of sp³-hybridized carbons (Fsp3) is 0.500. The summed E-state index contributed by atoms with van der Waals surface area (Å²) < 4.78 is 11.4. The Morgan fingerprint density at radius 3 is 3.10 bits per heavy atom. The molecule has 1 heterocycles. The molecule has 6 heteroatoms. The first-order valence-corrected chi connectivity index (χ1v) is 7.73. The molecule has 0 bridgehead atoms. The maximum absolute atomic E-state index is 8.96. The molecule has 5 nitrogen and oxygen atoms in total. The number of hydrogen-bond donors (Lipinski definition) is 2. The van der Waals surface area contributed by atoms with E-state index >= 15 is 0 Å². The Kier molecular flexibility index (Phi) is 5.55. The predicted molar refractivity (Wildman–Crippen MR) is 79.8 cm³/mol. The van der Waals surface area contributed by atoms with Crippen LogP contribution in [0, 0.1) is 0 Å². The number of hydrogen-bond acceptors (Lipinski definition) is 5. The lowest BCUT2D eigenvalue weighted by molar-refractivity contribution is 0.0678. The van der Waals surface area contributed by atoms with Crippen LogP contribution in [0.1, 0.15) is 25.3 Å². The molecule has 3 N–H and O–H groups in total. The van der Waals surface area contributed by atoms with Crippen LogP contribution in [0.15, 0.2) is 28.3 Å². The zero-order valence-corrected chi connectivity index (χ0v) is 12.4. The molecule has 110 valence electrons. The van der Waals surface area contributed by atoms with Gasteiger partial charge in [-0.15, -0.1) is 11.8 Å². The summed E-state index contributed by atoms with van der Waals surface area (Å²) in [4.78, 5) is 0.952. The standard InChI is InChI=1S/C14H20N2O3S/c1-2-20-12-7-3-6-11(13(12)14(15)16-17)19-9-10-5-4-8-18-10/h3,6-7,10,17H,2,4-5,8-9H2,1H3,(H2,15,16). The lowest BCUT2D eigenvalue weighted by Crippen LogP contribution is -2.20. The molecule has 0 radical (unpaired) electrons. The van der Waals surface area contributed by atoms with Crippen molar-refractivity contribution in [3.8, 4) is 5.75 Å². The third-order valence-corrected chi connectivity index (χ3v) is 4.04. The Morgan fingerprint density at radius 1 is 1.60 bits per heavy atom. The molecule has 1 fully saturated rings. The van der Waals surface area contributed by atoms with Crippen molar-refractivity contribution in [1.82, 2.24) is 0 Å². The van der Waals surface area contributed by atoms with E-state index < -0.39 is 0 Å². The smallest absolute Gasteiger partial charge is 0.174 e. The summed E-state index contributed by atoms with van der Waals surface area (Å²) in [6.07, 6.45) is 2.23. The molecule has 1 aliphatic heterocycles. The number of ether oxygens (including phenoxy) is 2. The Hall–Kier alpha value is -1.40. The van der Waals surface area contributed by atoms with Crippen LogP contribution in [0.25, 0.3) is 0 Å². The third kappa shape index (κ3) is 3.58. The van der Waals surface area contributed by atoms with Crippen molar-refractivity contribution < 1.29 is 14.7 Å². The van der Waals surface area contributed by atoms with Crippen molar-refractivity contribution in [1.29, 1.82) is 0 Å². The minimum atomic E-state index is 0.0730. The Bertz CT molecular complexity index is 473. The van der Waals surface area contributed by atoms with Gasteiger partial charge in [0, 0.05) is 11.5 Å². The number of nitrogens with zero attached hydrogens (tertiary/aromatic N) is 1. The van der Waals surface area contributed by atoms with E-state index in [0.717, 1.165) is 30.1 Å². The molecule has 20 heavy (non-hydrogen) atoms. The summed E-state index contributed by atoms with van der Waals surface area (Å²) in [5.74, 6) is 1.61. The molecular weight excluding hydrogens is 276 g/mol. The van der Waals surface area contributed by atoms with Crippen LogP contribution in [0.3, 0.4) is 0 Å². The topological polar surface area (TPSA) is 77.1 Å². The maximum atomic E-state index is 8.96. The molecule has 0 spiro atoms. The highest BCUT2D eigenvalue weighted by molar-refractivity contribution is 7.99. The van der Waals surface area contributed by atoms with Gasteiger partial charge >= 0.3 is 0 Å². The van der Waals surface area contributed by atoms with Crippen LogP contribution >= 0.6 is 11.8 Å². The van der Waals surface area contributed by atoms with Crippen molar-refractivity contribution >= 4 is 17.6 Å². The normalized spacial score (nSPS) is 19.2. The number of amidine groups is 1. The average molecular weight is 296 g/mol. The van der Waals surface area contributed by atoms with Crippen molar-refractivity contribution in [2.75, 3.05) is 19.0 Å². The SMILES string of the molecule is CCSc1cccc(OCC2CCCO2)c1/C(N)=N/O. The minimum Gasteiger partial charge on any atom is -0.490 e. The molecule has 1 aromatic carbocycles. The molecule has 2 rings (SSSR count). The number of nitrogens with two attached hydrogens (primary N) is 1. The van der Waals surface area contributed by atoms with E-state index in [-0.39, 0.29) is 11.9 Å². The second-order valence-electron chi connectivity index (χ2n) is 4.49. The molecule has 1 atom stereocenters. The first kappa shape index (κ1) is 15.0. The lowest BCUT2D eigenvalue weighted by atomic mass is 10.2. The summed E-state index contributed by atoms with van der Waals surface area (Å²) in [5, 5.41) is 12.1. The molecule has 0 aliphatic carbocycles. The molecule has 0 aromatic heterocycles. The molecule has 1 aliphatic rings. The summed E-state index contributed by atoms with van der Waals surface area (Å²) in [7, 11) is 0. The Balaban J connectivity index is 2.19. The van der Waals surface area contributed by atoms with Gasteiger partial charge in [0.1, 0.15) is 12.4 Å². The summed E-state index contributed by atoms with van der Waals surface area (Å²) in [5.41, 5.74) is 6.44. The van der Waals surface area contributed by atoms with E-state index in [4.69, 9.17) is 20.4 Å². The van der Waals surface area contributed by atoms with Gasteiger partial charge in [-0.1, -0.05) is 18.1 Å². The summed E-state index contributed by atoms with van der Waals surface area (Å²) in [6.45, 7) is 3.35. The van der Waals surface area contributed by atoms with Gasteiger partial charge in [-0.3, -0.25) is 0 Å². The summed E-state index contributed by atoms with van der Waals surface area (Å²) in [6, 6.07) is 5.69. The Labute approximate surface area is 123 Å². The molecule has 0 amide bonds. The fourth-order valence-corrected chi connectivity index (χ4v) is 3.00. The van der Waals surface area contributed by atoms with Crippen LogP contribution < -0.4 is 10.5 Å². The van der Waals surface area contributed by atoms with E-state index in [0.29, 0.717) is 17.9 Å². The van der Waals surface area contributed by atoms with Gasteiger partial charge in [0.15, 0.2) is 5.84 Å². The fourth-order valence-electron chi connectivity index (χ4n) is 2.17. The minimum absolute atomic E-state index is 0.0730. The number of oxime groups is 1. The van der Waals surface area contributed by atoms with Gasteiger partial charge in [-0.05, 0) is 30.7 Å². The van der Waals surface area contributed by atoms with Gasteiger partial charge in [-0.25, -0.2) is 0 Å². The van der Waals surface area contributed by atoms with Crippen LogP contribution in [-0.4, -0.2) is 36.1 Å². The van der Waals surface area contributed by atoms with Crippen LogP contribution in [0.2, 0.25) is 0 Å². The molecule has 1 unspecified atom stereocenters. The highest BCUT2D eigenvalue weighted by Crippen LogP contribution is 2.30. The second-order valence-corrected chi connectivity index (χ2v) is 5.80. The van der Waals surface area contributed by atoms with Crippen molar-refractivity contribution in [2.45, 2.75) is 30.8 Å². The first-order chi connectivity index (χ1) is 9.76. The predicted octanol–water partition coefficient (Wildman–Crippen LogP) is 2.45. The maximum Gasteiger partial charge on any atom is 0.174 e. The van der Waals surface area contributed by atoms with Crippen LogP contribution in [-0.2, 0) is 4.74 Å². The third-order valence-electron chi connectivity index (χ3n) is 3.10. The Morgan fingerprint density at radius 2 is 2.45 bits per heavy atom. The molecule has 1 aromatic rings. The van der Waals surface area contributed by atoms with Crippen molar-refractivity contribution in [2.24, 2.45) is 10.9 Å². The highest BCUT2D eigenvalue weighted by atomic mass is 32.2. The second kappa shape index (κ2) is 7.40. The van der Waals surface area contributed by atoms with Gasteiger partial charge in [0.2, 0.25) is 0 Å². The van der Waals surface area contributed by atoms with Gasteiger partial charge in [-0.2, -0.15) is 0 Å². The van der Waals surface area contributed by atoms with Crippen molar-refractivity contribution in [3.63, 3.8) is 0 Å². The van der Waals surface area contributed by atoms with E-state index in [9.17, 15) is 0 Å². The van der Waals surface area contributed by atoms with Crippen LogP contribution in [0.5, 0.6) is 5.75 Å².